The van der Waals surface area contributed by atoms with Gasteiger partial charge in [0.15, 0.2) is 7.14 Å². The first-order chi connectivity index (χ1) is 19.0. The Bertz CT molecular complexity index is 1850. The molecular formula is C34H25O4P. The number of methoxy groups -OCH3 is 1. The number of rotatable bonds is 5. The van der Waals surface area contributed by atoms with Crippen LogP contribution in [0, 0.1) is 0 Å². The molecule has 0 atom stereocenters. The zero-order valence-electron chi connectivity index (χ0n) is 21.2. The number of phenols is 1. The van der Waals surface area contributed by atoms with Crippen molar-refractivity contribution in [3.63, 3.8) is 0 Å². The van der Waals surface area contributed by atoms with Crippen molar-refractivity contribution in [3.05, 3.63) is 133 Å². The number of aromatic hydroxyl groups is 1. The second-order valence-corrected chi connectivity index (χ2v) is 12.1. The minimum Gasteiger partial charge on any atom is -0.506 e. The van der Waals surface area contributed by atoms with Crippen molar-refractivity contribution in [2.75, 3.05) is 7.11 Å². The Labute approximate surface area is 226 Å². The first-order valence-corrected chi connectivity index (χ1v) is 14.3. The van der Waals surface area contributed by atoms with Gasteiger partial charge in [-0.15, -0.1) is 0 Å². The molecule has 190 valence electrons. The summed E-state index contributed by atoms with van der Waals surface area (Å²) in [4.78, 5) is 12.8. The summed E-state index contributed by atoms with van der Waals surface area (Å²) in [6, 6.07) is 39.8. The summed E-state index contributed by atoms with van der Waals surface area (Å²) in [6.07, 6.45) is 0. The van der Waals surface area contributed by atoms with Crippen molar-refractivity contribution in [3.8, 4) is 16.9 Å². The number of hydrogen-bond donors (Lipinski definition) is 1. The lowest BCUT2D eigenvalue weighted by molar-refractivity contribution is 0.0597. The molecule has 0 saturated heterocycles. The van der Waals surface area contributed by atoms with Gasteiger partial charge in [0.2, 0.25) is 0 Å². The number of carbonyl (C=O) groups excluding carboxylic acids is 1. The van der Waals surface area contributed by atoms with Gasteiger partial charge < -0.3 is 14.4 Å². The van der Waals surface area contributed by atoms with Crippen molar-refractivity contribution >= 4 is 50.6 Å². The summed E-state index contributed by atoms with van der Waals surface area (Å²) in [6.45, 7) is 0. The van der Waals surface area contributed by atoms with Crippen molar-refractivity contribution in [1.29, 1.82) is 0 Å². The van der Waals surface area contributed by atoms with E-state index in [1.807, 2.05) is 121 Å². The average molecular weight is 529 g/mol. The summed E-state index contributed by atoms with van der Waals surface area (Å²) in [5.41, 5.74) is 1.13. The fourth-order valence-electron chi connectivity index (χ4n) is 5.34. The Kier molecular flexibility index (Phi) is 6.26. The third-order valence-electron chi connectivity index (χ3n) is 7.16. The minimum absolute atomic E-state index is 0.0549. The Morgan fingerprint density at radius 1 is 0.641 bits per heavy atom. The molecule has 0 aliphatic rings. The zero-order chi connectivity index (χ0) is 27.0. The van der Waals surface area contributed by atoms with E-state index in [9.17, 15) is 9.90 Å². The van der Waals surface area contributed by atoms with E-state index >= 15 is 4.57 Å². The van der Waals surface area contributed by atoms with Crippen LogP contribution >= 0.6 is 7.14 Å². The number of carbonyl (C=O) groups is 1. The highest BCUT2D eigenvalue weighted by atomic mass is 31.2. The van der Waals surface area contributed by atoms with Crippen LogP contribution in [0.1, 0.15) is 10.4 Å². The van der Waals surface area contributed by atoms with Gasteiger partial charge >= 0.3 is 5.97 Å². The zero-order valence-corrected chi connectivity index (χ0v) is 22.1. The topological polar surface area (TPSA) is 63.6 Å². The monoisotopic (exact) mass is 528 g/mol. The predicted octanol–water partition coefficient (Wildman–Crippen LogP) is 6.79. The van der Waals surface area contributed by atoms with Gasteiger partial charge in [0.25, 0.3) is 0 Å². The minimum atomic E-state index is -3.45. The lowest BCUT2D eigenvalue weighted by atomic mass is 9.91. The second-order valence-electron chi connectivity index (χ2n) is 9.32. The molecule has 6 rings (SSSR count). The largest absolute Gasteiger partial charge is 0.506 e. The fraction of sp³-hybridized carbons (Fsp3) is 0.0294. The summed E-state index contributed by atoms with van der Waals surface area (Å²) >= 11 is 0. The Balaban J connectivity index is 1.84. The Morgan fingerprint density at radius 2 is 1.15 bits per heavy atom. The van der Waals surface area contributed by atoms with E-state index < -0.39 is 13.1 Å². The number of ether oxygens (including phenoxy) is 1. The molecule has 0 aromatic heterocycles. The quantitative estimate of drug-likeness (QED) is 0.198. The highest BCUT2D eigenvalue weighted by Gasteiger charge is 2.34. The Morgan fingerprint density at radius 3 is 1.74 bits per heavy atom. The van der Waals surface area contributed by atoms with Crippen LogP contribution in [0.25, 0.3) is 32.7 Å². The van der Waals surface area contributed by atoms with Gasteiger partial charge in [0.1, 0.15) is 11.3 Å². The molecule has 0 bridgehead atoms. The van der Waals surface area contributed by atoms with E-state index in [2.05, 4.69) is 0 Å². The number of hydrogen-bond acceptors (Lipinski definition) is 4. The smallest absolute Gasteiger partial charge is 0.341 e. The van der Waals surface area contributed by atoms with Crippen LogP contribution in [0.5, 0.6) is 5.75 Å². The first kappa shape index (κ1) is 24.7. The summed E-state index contributed by atoms with van der Waals surface area (Å²) in [7, 11) is -2.16. The maximum atomic E-state index is 15.6. The van der Waals surface area contributed by atoms with Crippen molar-refractivity contribution < 1.29 is 19.2 Å². The van der Waals surface area contributed by atoms with Crippen LogP contribution in [0.15, 0.2) is 127 Å². The van der Waals surface area contributed by atoms with Gasteiger partial charge in [-0.3, -0.25) is 0 Å². The molecule has 0 radical (unpaired) electrons. The molecule has 6 aromatic rings. The number of esters is 1. The van der Waals surface area contributed by atoms with Crippen LogP contribution in [0.2, 0.25) is 0 Å². The van der Waals surface area contributed by atoms with E-state index in [-0.39, 0.29) is 11.3 Å². The van der Waals surface area contributed by atoms with Gasteiger partial charge in [0, 0.05) is 27.0 Å². The molecular weight excluding hydrogens is 503 g/mol. The molecule has 0 aliphatic heterocycles. The summed E-state index contributed by atoms with van der Waals surface area (Å²) in [5, 5.41) is 16.9. The maximum Gasteiger partial charge on any atom is 0.341 e. The lowest BCUT2D eigenvalue weighted by Gasteiger charge is -2.25. The molecule has 4 nitrogen and oxygen atoms in total. The molecule has 6 aromatic carbocycles. The van der Waals surface area contributed by atoms with Gasteiger partial charge in [-0.05, 0) is 33.7 Å². The lowest BCUT2D eigenvalue weighted by Crippen LogP contribution is -2.26. The van der Waals surface area contributed by atoms with E-state index in [1.54, 1.807) is 6.07 Å². The highest BCUT2D eigenvalue weighted by molar-refractivity contribution is 7.85. The van der Waals surface area contributed by atoms with E-state index in [4.69, 9.17) is 4.74 Å². The van der Waals surface area contributed by atoms with E-state index in [1.165, 1.54) is 7.11 Å². The van der Waals surface area contributed by atoms with Crippen LogP contribution in [-0.4, -0.2) is 18.2 Å². The molecule has 5 heteroatoms. The molecule has 0 unspecified atom stereocenters. The summed E-state index contributed by atoms with van der Waals surface area (Å²) in [5.74, 6) is -0.846. The molecule has 0 spiro atoms. The van der Waals surface area contributed by atoms with Crippen LogP contribution < -0.4 is 15.9 Å². The van der Waals surface area contributed by atoms with Crippen molar-refractivity contribution in [1.82, 2.24) is 0 Å². The Hall–Kier alpha value is -4.66. The predicted molar refractivity (Wildman–Crippen MR) is 159 cm³/mol. The fourth-order valence-corrected chi connectivity index (χ4v) is 8.21. The first-order valence-electron chi connectivity index (χ1n) is 12.6. The van der Waals surface area contributed by atoms with Crippen LogP contribution in [0.4, 0.5) is 0 Å². The van der Waals surface area contributed by atoms with Gasteiger partial charge in [-0.25, -0.2) is 4.79 Å². The SMILES string of the molecule is COC(=O)c1cc2ccccc2c(-c2c(P(=O)(c3ccccc3)c3ccccc3)ccc3ccccc23)c1O. The van der Waals surface area contributed by atoms with E-state index in [0.717, 1.165) is 21.5 Å². The molecule has 39 heavy (non-hydrogen) atoms. The third-order valence-corrected chi connectivity index (χ3v) is 10.3. The normalized spacial score (nSPS) is 11.5. The molecule has 0 saturated carbocycles. The number of fused-ring (bicyclic) bond motifs is 2. The average Bonchev–Trinajstić information content (AvgIpc) is 3.00. The number of phenolic OH excluding ortho intramolecular Hbond substituents is 1. The van der Waals surface area contributed by atoms with Crippen molar-refractivity contribution in [2.24, 2.45) is 0 Å². The molecule has 1 N–H and O–H groups in total. The number of benzene rings is 6. The highest BCUT2D eigenvalue weighted by Crippen LogP contribution is 2.50. The third kappa shape index (κ3) is 4.01. The van der Waals surface area contributed by atoms with Gasteiger partial charge in [-0.1, -0.05) is 115 Å². The summed E-state index contributed by atoms with van der Waals surface area (Å²) < 4.78 is 20.6. The second kappa shape index (κ2) is 9.90. The van der Waals surface area contributed by atoms with Gasteiger partial charge in [-0.2, -0.15) is 0 Å². The van der Waals surface area contributed by atoms with Crippen molar-refractivity contribution in [2.45, 2.75) is 0 Å². The molecule has 0 heterocycles. The molecule has 0 fully saturated rings. The van der Waals surface area contributed by atoms with E-state index in [0.29, 0.717) is 27.0 Å². The maximum absolute atomic E-state index is 15.6. The molecule has 0 aliphatic carbocycles. The standard InChI is InChI=1S/C34H25O4P/c1-38-34(36)29-22-24-13-9-11-19-28(24)32(33(29)35)31-27-18-10-8-12-23(27)20-21-30(31)39(37,25-14-4-2-5-15-25)26-16-6-3-7-17-26/h2-22,35H,1H3. The van der Waals surface area contributed by atoms with Crippen LogP contribution in [-0.2, 0) is 9.30 Å². The van der Waals surface area contributed by atoms with Crippen LogP contribution in [0.3, 0.4) is 0 Å². The van der Waals surface area contributed by atoms with Gasteiger partial charge in [0.05, 0.1) is 7.11 Å². The molecule has 0 amide bonds.